The minimum absolute atomic E-state index is 0.0928. The van der Waals surface area contributed by atoms with E-state index in [2.05, 4.69) is 4.72 Å². The zero-order chi connectivity index (χ0) is 15.6. The zero-order valence-corrected chi connectivity index (χ0v) is 14.0. The third-order valence-corrected chi connectivity index (χ3v) is 5.63. The van der Waals surface area contributed by atoms with E-state index < -0.39 is 10.0 Å². The van der Waals surface area contributed by atoms with Gasteiger partial charge in [0.2, 0.25) is 10.0 Å². The number of nitrogens with one attached hydrogen (secondary N) is 1. The number of nitrogens with zero attached hydrogens (tertiary/aromatic N) is 1. The zero-order valence-electron chi connectivity index (χ0n) is 12.3. The third kappa shape index (κ3) is 3.55. The number of aliphatic hydroxyl groups is 1. The molecular weight excluding hydrogens is 308 g/mol. The highest BCUT2D eigenvalue weighted by atomic mass is 32.2. The Morgan fingerprint density at radius 1 is 1.38 bits per heavy atom. The van der Waals surface area contributed by atoms with E-state index >= 15 is 0 Å². The molecule has 0 aliphatic carbocycles. The van der Waals surface area contributed by atoms with Crippen LogP contribution in [0.5, 0.6) is 0 Å². The van der Waals surface area contributed by atoms with Gasteiger partial charge in [-0.15, -0.1) is 0 Å². The van der Waals surface area contributed by atoms with Crippen molar-refractivity contribution < 1.29 is 13.5 Å². The molecule has 0 unspecified atom stereocenters. The lowest BCUT2D eigenvalue weighted by molar-refractivity contribution is 0.268. The Balaban J connectivity index is 2.21. The highest BCUT2D eigenvalue weighted by molar-refractivity contribution is 7.89. The number of hydrogen-bond donors (Lipinski definition) is 2. The first-order valence-electron chi connectivity index (χ1n) is 6.68. The summed E-state index contributed by atoms with van der Waals surface area (Å²) in [5.41, 5.74) is 2.66. The first kappa shape index (κ1) is 16.2. The molecule has 2 rings (SSSR count). The Kier molecular flexibility index (Phi) is 4.88. The van der Waals surface area contributed by atoms with Gasteiger partial charge in [0.25, 0.3) is 0 Å². The monoisotopic (exact) mass is 328 g/mol. The number of sulfonamides is 1. The van der Waals surface area contributed by atoms with Crippen LogP contribution in [0.2, 0.25) is 0 Å². The van der Waals surface area contributed by atoms with Crippen molar-refractivity contribution in [3.8, 4) is 0 Å². The third-order valence-electron chi connectivity index (χ3n) is 3.35. The Labute approximate surface area is 129 Å². The van der Waals surface area contributed by atoms with Crippen LogP contribution in [-0.2, 0) is 23.2 Å². The van der Waals surface area contributed by atoms with Gasteiger partial charge >= 0.3 is 0 Å². The highest BCUT2D eigenvalue weighted by Gasteiger charge is 2.19. The van der Waals surface area contributed by atoms with Gasteiger partial charge < -0.3 is 9.67 Å². The van der Waals surface area contributed by atoms with Crippen LogP contribution in [0.3, 0.4) is 0 Å². The number of hydrogen-bond acceptors (Lipinski definition) is 4. The molecule has 0 fully saturated rings. The Hall–Kier alpha value is -1.15. The molecule has 2 N–H and O–H groups in total. The van der Waals surface area contributed by atoms with E-state index in [1.54, 1.807) is 22.1 Å². The van der Waals surface area contributed by atoms with E-state index in [1.165, 1.54) is 6.07 Å². The van der Waals surface area contributed by atoms with Gasteiger partial charge in [0.05, 0.1) is 11.5 Å². The van der Waals surface area contributed by atoms with Crippen LogP contribution in [0.4, 0.5) is 0 Å². The topological polar surface area (TPSA) is 71.3 Å². The summed E-state index contributed by atoms with van der Waals surface area (Å²) in [7, 11) is -3.58. The summed E-state index contributed by atoms with van der Waals surface area (Å²) in [4.78, 5) is 0.188. The van der Waals surface area contributed by atoms with Crippen molar-refractivity contribution in [1.29, 1.82) is 0 Å². The smallest absolute Gasteiger partial charge is 0.242 e. The fraction of sp³-hybridized carbons (Fsp3) is 0.429. The van der Waals surface area contributed by atoms with Crippen LogP contribution in [-0.4, -0.2) is 18.1 Å². The minimum Gasteiger partial charge on any atom is -0.390 e. The van der Waals surface area contributed by atoms with Crippen LogP contribution in [0, 0.1) is 6.92 Å². The van der Waals surface area contributed by atoms with E-state index in [-0.39, 0.29) is 24.1 Å². The lowest BCUT2D eigenvalue weighted by Gasteiger charge is -2.10. The number of aliphatic hydroxyl groups excluding tert-OH is 1. The second-order valence-electron chi connectivity index (χ2n) is 5.23. The van der Waals surface area contributed by atoms with Crippen molar-refractivity contribution in [2.75, 3.05) is 0 Å². The Morgan fingerprint density at radius 3 is 2.57 bits per heavy atom. The molecule has 116 valence electrons. The molecule has 0 radical (unpaired) electrons. The summed E-state index contributed by atoms with van der Waals surface area (Å²) >= 11 is 1.55. The average Bonchev–Trinajstić information content (AvgIpc) is 3.02. The maximum Gasteiger partial charge on any atom is 0.242 e. The molecule has 0 saturated carbocycles. The van der Waals surface area contributed by atoms with Gasteiger partial charge in [0.1, 0.15) is 0 Å². The molecule has 7 heteroatoms. The number of rotatable bonds is 6. The van der Waals surface area contributed by atoms with E-state index in [0.717, 1.165) is 11.1 Å². The maximum atomic E-state index is 12.3. The lowest BCUT2D eigenvalue weighted by Crippen LogP contribution is -2.23. The van der Waals surface area contributed by atoms with Crippen molar-refractivity contribution in [2.24, 2.45) is 0 Å². The van der Waals surface area contributed by atoms with E-state index in [0.29, 0.717) is 5.69 Å². The van der Waals surface area contributed by atoms with Crippen LogP contribution in [0.15, 0.2) is 27.9 Å². The fourth-order valence-corrected chi connectivity index (χ4v) is 3.99. The normalized spacial score (nSPS) is 12.2. The standard InChI is InChI=1S/C14H20N2O3S2/c1-10(2)16-6-14(4-13(16)7-17)21(18,19)15-5-12-9-20-8-11(12)3/h4,6,8-10,15,17H,5,7H2,1-3H3. The minimum atomic E-state index is -3.58. The summed E-state index contributed by atoms with van der Waals surface area (Å²) in [6.45, 7) is 5.94. The highest BCUT2D eigenvalue weighted by Crippen LogP contribution is 2.20. The maximum absolute atomic E-state index is 12.3. The number of aromatic nitrogens is 1. The number of thiophene rings is 1. The molecule has 2 aromatic rings. The van der Waals surface area contributed by atoms with Crippen LogP contribution >= 0.6 is 11.3 Å². The van der Waals surface area contributed by atoms with Gasteiger partial charge in [-0.2, -0.15) is 11.3 Å². The largest absolute Gasteiger partial charge is 0.390 e. The molecule has 0 atom stereocenters. The van der Waals surface area contributed by atoms with Crippen molar-refractivity contribution in [3.05, 3.63) is 39.8 Å². The quantitative estimate of drug-likeness (QED) is 0.855. The van der Waals surface area contributed by atoms with Gasteiger partial charge in [-0.25, -0.2) is 13.1 Å². The first-order valence-corrected chi connectivity index (χ1v) is 9.10. The summed E-state index contributed by atoms with van der Waals surface area (Å²) in [6, 6.07) is 1.61. The Bertz CT molecular complexity index is 714. The second-order valence-corrected chi connectivity index (χ2v) is 7.74. The summed E-state index contributed by atoms with van der Waals surface area (Å²) in [6.07, 6.45) is 1.57. The van der Waals surface area contributed by atoms with Gasteiger partial charge in [0.15, 0.2) is 0 Å². The van der Waals surface area contributed by atoms with Gasteiger partial charge in [-0.1, -0.05) is 0 Å². The molecule has 2 heterocycles. The predicted octanol–water partition coefficient (Wildman–Crippen LogP) is 2.41. The molecule has 0 aliphatic rings. The second kappa shape index (κ2) is 6.31. The molecule has 0 bridgehead atoms. The first-order chi connectivity index (χ1) is 9.85. The average molecular weight is 328 g/mol. The molecule has 0 aromatic carbocycles. The molecule has 0 saturated heterocycles. The van der Waals surface area contributed by atoms with E-state index in [1.807, 2.05) is 31.5 Å². The molecule has 0 spiro atoms. The summed E-state index contributed by atoms with van der Waals surface area (Å²) < 4.78 is 29.1. The van der Waals surface area contributed by atoms with Gasteiger partial charge in [0, 0.05) is 24.5 Å². The van der Waals surface area contributed by atoms with Crippen molar-refractivity contribution in [3.63, 3.8) is 0 Å². The molecule has 5 nitrogen and oxygen atoms in total. The SMILES string of the molecule is Cc1cscc1CNS(=O)(=O)c1cc(CO)n(C(C)C)c1. The molecule has 21 heavy (non-hydrogen) atoms. The number of aryl methyl sites for hydroxylation is 1. The van der Waals surface area contributed by atoms with Crippen LogP contribution in [0.25, 0.3) is 0 Å². The van der Waals surface area contributed by atoms with E-state index in [4.69, 9.17) is 0 Å². The van der Waals surface area contributed by atoms with Crippen molar-refractivity contribution >= 4 is 21.4 Å². The van der Waals surface area contributed by atoms with Gasteiger partial charge in [-0.3, -0.25) is 0 Å². The molecule has 0 amide bonds. The Morgan fingerprint density at radius 2 is 2.10 bits per heavy atom. The van der Waals surface area contributed by atoms with Crippen LogP contribution in [0.1, 0.15) is 36.7 Å². The molecule has 0 aliphatic heterocycles. The van der Waals surface area contributed by atoms with Crippen molar-refractivity contribution in [2.45, 2.75) is 44.9 Å². The van der Waals surface area contributed by atoms with Gasteiger partial charge in [-0.05, 0) is 48.7 Å². The van der Waals surface area contributed by atoms with E-state index in [9.17, 15) is 13.5 Å². The summed E-state index contributed by atoms with van der Waals surface area (Å²) in [5.74, 6) is 0. The molecular formula is C14H20N2O3S2. The van der Waals surface area contributed by atoms with Crippen molar-refractivity contribution in [1.82, 2.24) is 9.29 Å². The molecule has 2 aromatic heterocycles. The fourth-order valence-electron chi connectivity index (χ4n) is 2.08. The van der Waals surface area contributed by atoms with Crippen LogP contribution < -0.4 is 4.72 Å². The lowest BCUT2D eigenvalue weighted by atomic mass is 10.2. The predicted molar refractivity (Wildman–Crippen MR) is 83.8 cm³/mol. The summed E-state index contributed by atoms with van der Waals surface area (Å²) in [5, 5.41) is 13.3.